The van der Waals surface area contributed by atoms with Gasteiger partial charge in [-0.2, -0.15) is 5.26 Å². The summed E-state index contributed by atoms with van der Waals surface area (Å²) in [5.74, 6) is 4.79. The smallest absolute Gasteiger partial charge is 0.306 e. The standard InChI is InChI=1S/C9H5N3O3/c10-5-8-9(12(14)15)4-7(6-11-8)2-1-3-13/h4,6,13H,3H2. The van der Waals surface area contributed by atoms with E-state index < -0.39 is 4.92 Å². The van der Waals surface area contributed by atoms with Gasteiger partial charge in [0.1, 0.15) is 12.7 Å². The molecule has 15 heavy (non-hydrogen) atoms. The summed E-state index contributed by atoms with van der Waals surface area (Å²) in [5, 5.41) is 27.5. The van der Waals surface area contributed by atoms with Gasteiger partial charge in [0.15, 0.2) is 0 Å². The molecule has 0 spiro atoms. The van der Waals surface area contributed by atoms with Crippen LogP contribution < -0.4 is 0 Å². The van der Waals surface area contributed by atoms with Crippen LogP contribution in [-0.4, -0.2) is 21.6 Å². The van der Waals surface area contributed by atoms with Crippen molar-refractivity contribution >= 4 is 5.69 Å². The van der Waals surface area contributed by atoms with Gasteiger partial charge in [-0.1, -0.05) is 11.8 Å². The molecule has 74 valence electrons. The number of aliphatic hydroxyl groups excluding tert-OH is 1. The second-order valence-corrected chi connectivity index (χ2v) is 2.42. The fourth-order valence-corrected chi connectivity index (χ4v) is 0.888. The van der Waals surface area contributed by atoms with E-state index in [0.29, 0.717) is 0 Å². The molecule has 0 aliphatic heterocycles. The minimum absolute atomic E-state index is 0.255. The van der Waals surface area contributed by atoms with Crippen LogP contribution in [0.15, 0.2) is 12.3 Å². The number of hydrogen-bond acceptors (Lipinski definition) is 5. The fraction of sp³-hybridized carbons (Fsp3) is 0.111. The molecular formula is C9H5N3O3. The molecule has 1 N–H and O–H groups in total. The summed E-state index contributed by atoms with van der Waals surface area (Å²) in [6, 6.07) is 2.76. The summed E-state index contributed by atoms with van der Waals surface area (Å²) < 4.78 is 0. The van der Waals surface area contributed by atoms with Crippen LogP contribution in [0, 0.1) is 33.3 Å². The lowest BCUT2D eigenvalue weighted by atomic mass is 10.2. The predicted octanol–water partition coefficient (Wildman–Crippen LogP) is 0.205. The average Bonchev–Trinajstić information content (AvgIpc) is 2.25. The van der Waals surface area contributed by atoms with Crippen LogP contribution in [0.2, 0.25) is 0 Å². The third-order valence-electron chi connectivity index (χ3n) is 1.48. The highest BCUT2D eigenvalue weighted by atomic mass is 16.6. The number of nitro groups is 1. The zero-order chi connectivity index (χ0) is 11.3. The molecule has 0 unspecified atom stereocenters. The molecular weight excluding hydrogens is 198 g/mol. The Hall–Kier alpha value is -2.44. The molecule has 0 aromatic carbocycles. The highest BCUT2D eigenvalue weighted by molar-refractivity contribution is 5.49. The fourth-order valence-electron chi connectivity index (χ4n) is 0.888. The van der Waals surface area contributed by atoms with Gasteiger partial charge in [-0.25, -0.2) is 4.98 Å². The molecule has 0 atom stereocenters. The van der Waals surface area contributed by atoms with Crippen molar-refractivity contribution in [1.29, 1.82) is 5.26 Å². The number of aromatic nitrogens is 1. The molecule has 0 saturated heterocycles. The molecule has 0 fully saturated rings. The van der Waals surface area contributed by atoms with Gasteiger partial charge in [0, 0.05) is 17.8 Å². The van der Waals surface area contributed by atoms with Gasteiger partial charge in [0.05, 0.1) is 4.92 Å². The van der Waals surface area contributed by atoms with Crippen LogP contribution in [0.3, 0.4) is 0 Å². The molecule has 6 heteroatoms. The van der Waals surface area contributed by atoms with Crippen LogP contribution in [-0.2, 0) is 0 Å². The van der Waals surface area contributed by atoms with Crippen LogP contribution in [0.1, 0.15) is 11.3 Å². The van der Waals surface area contributed by atoms with Crippen molar-refractivity contribution in [2.75, 3.05) is 6.61 Å². The van der Waals surface area contributed by atoms with Gasteiger partial charge < -0.3 is 5.11 Å². The van der Waals surface area contributed by atoms with Crippen molar-refractivity contribution in [2.24, 2.45) is 0 Å². The summed E-state index contributed by atoms with van der Waals surface area (Å²) in [7, 11) is 0. The predicted molar refractivity (Wildman–Crippen MR) is 49.6 cm³/mol. The molecule has 0 saturated carbocycles. The zero-order valence-corrected chi connectivity index (χ0v) is 7.47. The van der Waals surface area contributed by atoms with Crippen molar-refractivity contribution in [1.82, 2.24) is 4.98 Å². The van der Waals surface area contributed by atoms with E-state index in [1.165, 1.54) is 6.20 Å². The Morgan fingerprint density at radius 2 is 2.40 bits per heavy atom. The first kappa shape index (κ1) is 10.6. The Kier molecular flexibility index (Phi) is 3.33. The van der Waals surface area contributed by atoms with Gasteiger partial charge in [0.2, 0.25) is 5.69 Å². The monoisotopic (exact) mass is 203 g/mol. The van der Waals surface area contributed by atoms with E-state index >= 15 is 0 Å². The first-order valence-electron chi connectivity index (χ1n) is 3.83. The normalized spacial score (nSPS) is 8.53. The second-order valence-electron chi connectivity index (χ2n) is 2.42. The van der Waals surface area contributed by atoms with Crippen molar-refractivity contribution < 1.29 is 10.0 Å². The summed E-state index contributed by atoms with van der Waals surface area (Å²) in [4.78, 5) is 13.4. The highest BCUT2D eigenvalue weighted by Crippen LogP contribution is 2.16. The lowest BCUT2D eigenvalue weighted by Gasteiger charge is -1.94. The lowest BCUT2D eigenvalue weighted by Crippen LogP contribution is -1.96. The van der Waals surface area contributed by atoms with E-state index in [1.807, 2.05) is 0 Å². The Bertz CT molecular complexity index is 494. The van der Waals surface area contributed by atoms with E-state index in [0.717, 1.165) is 6.07 Å². The molecule has 0 aliphatic rings. The van der Waals surface area contributed by atoms with Crippen LogP contribution in [0.5, 0.6) is 0 Å². The van der Waals surface area contributed by atoms with Gasteiger partial charge in [0.25, 0.3) is 0 Å². The molecule has 0 amide bonds. The maximum atomic E-state index is 10.5. The topological polar surface area (TPSA) is 100 Å². The van der Waals surface area contributed by atoms with Crippen molar-refractivity contribution in [3.8, 4) is 17.9 Å². The summed E-state index contributed by atoms with van der Waals surface area (Å²) in [6.45, 7) is -0.339. The van der Waals surface area contributed by atoms with Crippen molar-refractivity contribution in [2.45, 2.75) is 0 Å². The number of nitriles is 1. The van der Waals surface area contributed by atoms with Crippen molar-refractivity contribution in [3.63, 3.8) is 0 Å². The van der Waals surface area contributed by atoms with E-state index in [2.05, 4.69) is 16.8 Å². The number of rotatable bonds is 1. The van der Waals surface area contributed by atoms with E-state index in [1.54, 1.807) is 6.07 Å². The van der Waals surface area contributed by atoms with Crippen LogP contribution >= 0.6 is 0 Å². The van der Waals surface area contributed by atoms with Crippen molar-refractivity contribution in [3.05, 3.63) is 33.6 Å². The molecule has 6 nitrogen and oxygen atoms in total. The first-order chi connectivity index (χ1) is 7.19. The second kappa shape index (κ2) is 4.70. The van der Waals surface area contributed by atoms with Gasteiger partial charge >= 0.3 is 5.69 Å². The average molecular weight is 203 g/mol. The van der Waals surface area contributed by atoms with Gasteiger partial charge in [-0.05, 0) is 0 Å². The van der Waals surface area contributed by atoms with E-state index in [4.69, 9.17) is 10.4 Å². The maximum absolute atomic E-state index is 10.5. The molecule has 0 aliphatic carbocycles. The largest absolute Gasteiger partial charge is 0.384 e. The van der Waals surface area contributed by atoms with Crippen LogP contribution in [0.25, 0.3) is 0 Å². The number of hydrogen-bond donors (Lipinski definition) is 1. The number of pyridine rings is 1. The molecule has 1 heterocycles. The quantitative estimate of drug-likeness (QED) is 0.399. The minimum Gasteiger partial charge on any atom is -0.384 e. The third-order valence-corrected chi connectivity index (χ3v) is 1.48. The first-order valence-corrected chi connectivity index (χ1v) is 3.83. The molecule has 1 aromatic rings. The van der Waals surface area contributed by atoms with E-state index in [9.17, 15) is 10.1 Å². The SMILES string of the molecule is N#Cc1ncc(C#CCO)cc1[N+](=O)[O-]. The summed E-state index contributed by atoms with van der Waals surface area (Å²) in [6.07, 6.45) is 1.24. The maximum Gasteiger partial charge on any atom is 0.306 e. The summed E-state index contributed by atoms with van der Waals surface area (Å²) in [5.41, 5.74) is -0.355. The third kappa shape index (κ3) is 2.50. The Morgan fingerprint density at radius 3 is 2.93 bits per heavy atom. The molecule has 0 radical (unpaired) electrons. The van der Waals surface area contributed by atoms with Gasteiger partial charge in [-0.15, -0.1) is 0 Å². The number of aliphatic hydroxyl groups is 1. The minimum atomic E-state index is -0.699. The molecule has 1 rings (SSSR count). The number of nitrogens with zero attached hydrogens (tertiary/aromatic N) is 3. The summed E-state index contributed by atoms with van der Waals surface area (Å²) >= 11 is 0. The lowest BCUT2D eigenvalue weighted by molar-refractivity contribution is -0.385. The molecule has 1 aromatic heterocycles. The van der Waals surface area contributed by atoms with Gasteiger partial charge in [-0.3, -0.25) is 10.1 Å². The van der Waals surface area contributed by atoms with E-state index in [-0.39, 0.29) is 23.6 Å². The Labute approximate surface area is 84.9 Å². The Balaban J connectivity index is 3.23. The Morgan fingerprint density at radius 1 is 1.67 bits per heavy atom. The van der Waals surface area contributed by atoms with Crippen LogP contribution in [0.4, 0.5) is 5.69 Å². The molecule has 0 bridgehead atoms. The highest BCUT2D eigenvalue weighted by Gasteiger charge is 2.14. The zero-order valence-electron chi connectivity index (χ0n) is 7.47.